The van der Waals surface area contributed by atoms with E-state index in [1.807, 2.05) is 6.07 Å². The van der Waals surface area contributed by atoms with Gasteiger partial charge in [-0.05, 0) is 52.3 Å². The first-order valence-electron chi connectivity index (χ1n) is 5.51. The van der Waals surface area contributed by atoms with E-state index in [-0.39, 0.29) is 5.75 Å². The Morgan fingerprint density at radius 2 is 1.95 bits per heavy atom. The molecule has 4 nitrogen and oxygen atoms in total. The molecular weight excluding hydrogens is 388 g/mol. The van der Waals surface area contributed by atoms with Crippen LogP contribution in [0.2, 0.25) is 0 Å². The van der Waals surface area contributed by atoms with E-state index in [1.165, 1.54) is 6.07 Å². The minimum Gasteiger partial charge on any atom is -0.507 e. The second-order valence-electron chi connectivity index (χ2n) is 3.92. The molecule has 0 unspecified atom stereocenters. The lowest BCUT2D eigenvalue weighted by atomic mass is 10.1. The van der Waals surface area contributed by atoms with Crippen molar-refractivity contribution in [3.8, 4) is 11.8 Å². The quantitative estimate of drug-likeness (QED) is 0.805. The number of amides is 1. The first-order valence-corrected chi connectivity index (χ1v) is 7.09. The molecule has 2 N–H and O–H groups in total. The molecule has 2 aromatic carbocycles. The highest BCUT2D eigenvalue weighted by molar-refractivity contribution is 9.10. The molecule has 2 aromatic rings. The topological polar surface area (TPSA) is 73.1 Å². The fourth-order valence-electron chi connectivity index (χ4n) is 1.57. The van der Waals surface area contributed by atoms with Gasteiger partial charge in [0.25, 0.3) is 5.91 Å². The molecule has 0 aliphatic carbocycles. The Morgan fingerprint density at radius 3 is 2.60 bits per heavy atom. The van der Waals surface area contributed by atoms with Crippen molar-refractivity contribution in [3.05, 3.63) is 56.5 Å². The van der Waals surface area contributed by atoms with Crippen molar-refractivity contribution in [1.82, 2.24) is 0 Å². The number of anilines is 1. The number of nitrogens with one attached hydrogen (secondary N) is 1. The van der Waals surface area contributed by atoms with Crippen molar-refractivity contribution in [2.45, 2.75) is 0 Å². The number of phenols is 1. The van der Waals surface area contributed by atoms with E-state index < -0.39 is 5.91 Å². The molecule has 0 atom stereocenters. The van der Waals surface area contributed by atoms with Crippen LogP contribution in [0.15, 0.2) is 45.3 Å². The third-order valence-electron chi connectivity index (χ3n) is 2.56. The van der Waals surface area contributed by atoms with E-state index >= 15 is 0 Å². The van der Waals surface area contributed by atoms with Crippen molar-refractivity contribution in [1.29, 1.82) is 5.26 Å². The maximum Gasteiger partial charge on any atom is 0.255 e. The summed E-state index contributed by atoms with van der Waals surface area (Å²) >= 11 is 6.43. The monoisotopic (exact) mass is 394 g/mol. The maximum absolute atomic E-state index is 12.1. The number of rotatable bonds is 2. The first-order chi connectivity index (χ1) is 9.51. The lowest BCUT2D eigenvalue weighted by Crippen LogP contribution is -2.12. The van der Waals surface area contributed by atoms with Crippen LogP contribution < -0.4 is 5.32 Å². The number of nitriles is 1. The van der Waals surface area contributed by atoms with Crippen LogP contribution >= 0.6 is 31.9 Å². The summed E-state index contributed by atoms with van der Waals surface area (Å²) in [5, 5.41) is 21.2. The van der Waals surface area contributed by atoms with Crippen molar-refractivity contribution in [3.63, 3.8) is 0 Å². The predicted octanol–water partition coefficient (Wildman–Crippen LogP) is 4.04. The zero-order valence-corrected chi connectivity index (χ0v) is 13.2. The first kappa shape index (κ1) is 14.6. The average molecular weight is 396 g/mol. The molecule has 0 heterocycles. The van der Waals surface area contributed by atoms with Crippen LogP contribution in [-0.4, -0.2) is 11.0 Å². The molecule has 0 aromatic heterocycles. The van der Waals surface area contributed by atoms with Crippen LogP contribution in [0.4, 0.5) is 5.69 Å². The van der Waals surface area contributed by atoms with Gasteiger partial charge in [0.15, 0.2) is 0 Å². The fraction of sp³-hybridized carbons (Fsp3) is 0. The Morgan fingerprint density at radius 1 is 1.20 bits per heavy atom. The Bertz CT molecular complexity index is 724. The van der Waals surface area contributed by atoms with Gasteiger partial charge in [-0.25, -0.2) is 0 Å². The largest absolute Gasteiger partial charge is 0.507 e. The van der Waals surface area contributed by atoms with E-state index in [0.717, 1.165) is 4.47 Å². The van der Waals surface area contributed by atoms with Gasteiger partial charge in [0, 0.05) is 10.0 Å². The summed E-state index contributed by atoms with van der Waals surface area (Å²) in [5.41, 5.74) is 1.08. The van der Waals surface area contributed by atoms with E-state index in [9.17, 15) is 9.90 Å². The molecule has 0 saturated carbocycles. The number of nitrogens with zero attached hydrogens (tertiary/aromatic N) is 1. The Labute approximate surface area is 132 Å². The smallest absolute Gasteiger partial charge is 0.255 e. The van der Waals surface area contributed by atoms with Gasteiger partial charge in [0.2, 0.25) is 0 Å². The summed E-state index contributed by atoms with van der Waals surface area (Å²) in [4.78, 5) is 12.1. The van der Waals surface area contributed by atoms with Gasteiger partial charge in [0.1, 0.15) is 11.8 Å². The zero-order valence-electron chi connectivity index (χ0n) is 10.0. The molecule has 20 heavy (non-hydrogen) atoms. The zero-order chi connectivity index (χ0) is 14.7. The standard InChI is InChI=1S/C14H8Br2N2O2/c15-10-3-1-9(7-17)12(6-10)18-14(20)8-2-4-11(16)13(19)5-8/h1-6,19H,(H,18,20). The second kappa shape index (κ2) is 6.07. The highest BCUT2D eigenvalue weighted by Gasteiger charge is 2.11. The molecule has 2 rings (SSSR count). The summed E-state index contributed by atoms with van der Waals surface area (Å²) in [6.45, 7) is 0. The van der Waals surface area contributed by atoms with E-state index in [1.54, 1.807) is 30.3 Å². The molecule has 0 bridgehead atoms. The third-order valence-corrected chi connectivity index (χ3v) is 3.72. The number of phenolic OH excluding ortho intramolecular Hbond substituents is 1. The van der Waals surface area contributed by atoms with Gasteiger partial charge in [-0.15, -0.1) is 0 Å². The molecular formula is C14H8Br2N2O2. The predicted molar refractivity (Wildman–Crippen MR) is 82.6 cm³/mol. The molecule has 0 radical (unpaired) electrons. The third kappa shape index (κ3) is 3.18. The summed E-state index contributed by atoms with van der Waals surface area (Å²) < 4.78 is 1.26. The average Bonchev–Trinajstić information content (AvgIpc) is 2.42. The number of halogens is 2. The fourth-order valence-corrected chi connectivity index (χ4v) is 2.17. The van der Waals surface area contributed by atoms with E-state index in [0.29, 0.717) is 21.3 Å². The molecule has 0 spiro atoms. The van der Waals surface area contributed by atoms with Crippen molar-refractivity contribution >= 4 is 43.5 Å². The van der Waals surface area contributed by atoms with Crippen molar-refractivity contribution in [2.75, 3.05) is 5.32 Å². The summed E-state index contributed by atoms with van der Waals surface area (Å²) in [6.07, 6.45) is 0. The number of benzene rings is 2. The maximum atomic E-state index is 12.1. The lowest BCUT2D eigenvalue weighted by Gasteiger charge is -2.08. The Kier molecular flexibility index (Phi) is 4.42. The van der Waals surface area contributed by atoms with Crippen molar-refractivity contribution < 1.29 is 9.90 Å². The number of aromatic hydroxyl groups is 1. The van der Waals surface area contributed by atoms with Crippen LogP contribution in [0.25, 0.3) is 0 Å². The summed E-state index contributed by atoms with van der Waals surface area (Å²) in [5.74, 6) is -0.421. The molecule has 0 saturated heterocycles. The van der Waals surface area contributed by atoms with Crippen LogP contribution in [0.5, 0.6) is 5.75 Å². The highest BCUT2D eigenvalue weighted by Crippen LogP contribution is 2.26. The molecule has 100 valence electrons. The van der Waals surface area contributed by atoms with E-state index in [4.69, 9.17) is 5.26 Å². The molecule has 0 fully saturated rings. The number of hydrogen-bond donors (Lipinski definition) is 2. The number of carbonyl (C=O) groups is 1. The molecule has 6 heteroatoms. The Hall–Kier alpha value is -1.84. The highest BCUT2D eigenvalue weighted by atomic mass is 79.9. The van der Waals surface area contributed by atoms with Gasteiger partial charge in [-0.2, -0.15) is 5.26 Å². The van der Waals surface area contributed by atoms with Crippen LogP contribution in [0, 0.1) is 11.3 Å². The van der Waals surface area contributed by atoms with E-state index in [2.05, 4.69) is 37.2 Å². The second-order valence-corrected chi connectivity index (χ2v) is 5.69. The number of carbonyl (C=O) groups excluding carboxylic acids is 1. The lowest BCUT2D eigenvalue weighted by molar-refractivity contribution is 0.102. The van der Waals surface area contributed by atoms with Gasteiger partial charge in [0.05, 0.1) is 15.7 Å². The normalized spacial score (nSPS) is 9.85. The minimum absolute atomic E-state index is 0.0209. The molecule has 0 aliphatic heterocycles. The van der Waals surface area contributed by atoms with Crippen molar-refractivity contribution in [2.24, 2.45) is 0 Å². The molecule has 1 amide bonds. The number of hydrogen-bond acceptors (Lipinski definition) is 3. The van der Waals surface area contributed by atoms with Gasteiger partial charge < -0.3 is 10.4 Å². The van der Waals surface area contributed by atoms with Crippen LogP contribution in [-0.2, 0) is 0 Å². The van der Waals surface area contributed by atoms with Crippen LogP contribution in [0.1, 0.15) is 15.9 Å². The summed E-state index contributed by atoms with van der Waals surface area (Å²) in [6, 6.07) is 11.5. The van der Waals surface area contributed by atoms with Crippen LogP contribution in [0.3, 0.4) is 0 Å². The van der Waals surface area contributed by atoms with Gasteiger partial charge in [-0.3, -0.25) is 4.79 Å². The van der Waals surface area contributed by atoms with Gasteiger partial charge in [-0.1, -0.05) is 15.9 Å². The van der Waals surface area contributed by atoms with Gasteiger partial charge >= 0.3 is 0 Å². The summed E-state index contributed by atoms with van der Waals surface area (Å²) in [7, 11) is 0. The Balaban J connectivity index is 2.30. The SMILES string of the molecule is N#Cc1ccc(Br)cc1NC(=O)c1ccc(Br)c(O)c1. The minimum atomic E-state index is -0.401. The molecule has 0 aliphatic rings.